The van der Waals surface area contributed by atoms with Crippen LogP contribution in [0.1, 0.15) is 44.6 Å². The molecule has 1 fully saturated rings. The summed E-state index contributed by atoms with van der Waals surface area (Å²) in [7, 11) is -3.49. The Balaban J connectivity index is 1.37. The highest BCUT2D eigenvalue weighted by atomic mass is 32.2. The molecule has 1 saturated heterocycles. The third kappa shape index (κ3) is 4.31. The van der Waals surface area contributed by atoms with Gasteiger partial charge in [0.2, 0.25) is 15.9 Å². The number of carbonyl (C=O) groups excluding carboxylic acids is 1. The molecule has 0 spiro atoms. The predicted octanol–water partition coefficient (Wildman–Crippen LogP) is 3.37. The van der Waals surface area contributed by atoms with Crippen LogP contribution >= 0.6 is 0 Å². The maximum absolute atomic E-state index is 13.3. The first-order valence-corrected chi connectivity index (χ1v) is 14.0. The van der Waals surface area contributed by atoms with Gasteiger partial charge in [-0.25, -0.2) is 13.2 Å². The van der Waals surface area contributed by atoms with Crippen LogP contribution in [-0.2, 0) is 34.3 Å². The minimum Gasteiger partial charge on any atom is -0.312 e. The molecule has 35 heavy (non-hydrogen) atoms. The Bertz CT molecular complexity index is 1420. The number of anilines is 1. The van der Waals surface area contributed by atoms with Gasteiger partial charge in [-0.2, -0.15) is 4.31 Å². The van der Waals surface area contributed by atoms with Gasteiger partial charge in [-0.05, 0) is 68.0 Å². The molecular formula is C26H32N4O4S. The van der Waals surface area contributed by atoms with Crippen LogP contribution in [0.2, 0.25) is 0 Å². The average Bonchev–Trinajstić information content (AvgIpc) is 3.50. The molecule has 0 bridgehead atoms. The van der Waals surface area contributed by atoms with E-state index < -0.39 is 10.0 Å². The molecule has 0 saturated carbocycles. The summed E-state index contributed by atoms with van der Waals surface area (Å²) in [5, 5.41) is 0. The highest BCUT2D eigenvalue weighted by Gasteiger charge is 2.30. The van der Waals surface area contributed by atoms with Crippen molar-refractivity contribution in [3.8, 4) is 0 Å². The zero-order valence-electron chi connectivity index (χ0n) is 20.1. The molecule has 0 aliphatic carbocycles. The van der Waals surface area contributed by atoms with E-state index in [-0.39, 0.29) is 18.0 Å². The van der Waals surface area contributed by atoms with E-state index in [9.17, 15) is 18.0 Å². The fraction of sp³-hybridized carbons (Fsp3) is 0.462. The minimum absolute atomic E-state index is 0.0553. The van der Waals surface area contributed by atoms with Crippen LogP contribution in [-0.4, -0.2) is 47.4 Å². The van der Waals surface area contributed by atoms with Gasteiger partial charge in [0.1, 0.15) is 0 Å². The molecule has 2 aliphatic heterocycles. The number of hydrogen-bond donors (Lipinski definition) is 0. The zero-order chi connectivity index (χ0) is 24.6. The largest absolute Gasteiger partial charge is 0.329 e. The molecule has 5 rings (SSSR count). The van der Waals surface area contributed by atoms with Gasteiger partial charge in [0, 0.05) is 44.8 Å². The van der Waals surface area contributed by atoms with Crippen molar-refractivity contribution in [2.45, 2.75) is 63.4 Å². The van der Waals surface area contributed by atoms with E-state index in [0.717, 1.165) is 54.4 Å². The van der Waals surface area contributed by atoms with Gasteiger partial charge < -0.3 is 4.90 Å². The molecule has 0 atom stereocenters. The van der Waals surface area contributed by atoms with Crippen LogP contribution in [0.4, 0.5) is 5.69 Å². The van der Waals surface area contributed by atoms with Crippen molar-refractivity contribution in [2.24, 2.45) is 0 Å². The highest BCUT2D eigenvalue weighted by molar-refractivity contribution is 7.89. The Kier molecular flexibility index (Phi) is 6.55. The smallest absolute Gasteiger partial charge is 0.312 e. The first-order valence-electron chi connectivity index (χ1n) is 12.5. The Morgan fingerprint density at radius 2 is 1.60 bits per heavy atom. The number of nitrogens with zero attached hydrogens (tertiary/aromatic N) is 4. The third-order valence-corrected chi connectivity index (χ3v) is 8.99. The van der Waals surface area contributed by atoms with E-state index in [1.54, 1.807) is 36.5 Å². The fourth-order valence-electron chi connectivity index (χ4n) is 5.34. The van der Waals surface area contributed by atoms with Gasteiger partial charge >= 0.3 is 5.69 Å². The van der Waals surface area contributed by atoms with Crippen molar-refractivity contribution in [1.29, 1.82) is 0 Å². The van der Waals surface area contributed by atoms with Crippen molar-refractivity contribution < 1.29 is 13.2 Å². The van der Waals surface area contributed by atoms with E-state index in [1.807, 2.05) is 31.2 Å². The van der Waals surface area contributed by atoms with Gasteiger partial charge in [-0.1, -0.05) is 19.1 Å². The summed E-state index contributed by atoms with van der Waals surface area (Å²) in [5.41, 5.74) is 3.32. The number of sulfonamides is 1. The second-order valence-electron chi connectivity index (χ2n) is 9.38. The van der Waals surface area contributed by atoms with Crippen molar-refractivity contribution in [2.75, 3.05) is 24.5 Å². The van der Waals surface area contributed by atoms with Crippen LogP contribution in [0.25, 0.3) is 11.0 Å². The molecule has 0 radical (unpaired) electrons. The van der Waals surface area contributed by atoms with Crippen LogP contribution < -0.4 is 10.6 Å². The SMILES string of the molecule is CCCn1c(=O)n(CCC(=O)N2CCCc3cc(S(=O)(=O)N4CCCC4)ccc32)c2ccccc21. The molecule has 186 valence electrons. The summed E-state index contributed by atoms with van der Waals surface area (Å²) in [5.74, 6) is -0.0553. The quantitative estimate of drug-likeness (QED) is 0.502. The summed E-state index contributed by atoms with van der Waals surface area (Å²) >= 11 is 0. The number of carbonyl (C=O) groups is 1. The molecule has 9 heteroatoms. The van der Waals surface area contributed by atoms with Crippen LogP contribution in [0, 0.1) is 0 Å². The summed E-state index contributed by atoms with van der Waals surface area (Å²) in [6, 6.07) is 12.8. The minimum atomic E-state index is -3.49. The normalized spacial score (nSPS) is 16.7. The lowest BCUT2D eigenvalue weighted by atomic mass is 10.0. The topological polar surface area (TPSA) is 84.6 Å². The first kappa shape index (κ1) is 23.8. The molecule has 1 aromatic heterocycles. The number of amides is 1. The Hall–Kier alpha value is -2.91. The lowest BCUT2D eigenvalue weighted by molar-refractivity contribution is -0.118. The standard InChI is InChI=1S/C26H32N4O4S/c1-2-14-29-23-9-3-4-10-24(23)30(26(29)32)18-13-25(31)28-17-7-8-20-19-21(11-12-22(20)28)35(33,34)27-15-5-6-16-27/h3-4,9-12,19H,2,5-8,13-18H2,1H3. The molecule has 2 aliphatic rings. The Morgan fingerprint density at radius 1 is 0.914 bits per heavy atom. The average molecular weight is 497 g/mol. The van der Waals surface area contributed by atoms with Crippen molar-refractivity contribution >= 4 is 32.7 Å². The zero-order valence-corrected chi connectivity index (χ0v) is 21.0. The second kappa shape index (κ2) is 9.62. The molecule has 3 aromatic rings. The van der Waals surface area contributed by atoms with E-state index in [2.05, 4.69) is 0 Å². The number of hydrogen-bond acceptors (Lipinski definition) is 4. The van der Waals surface area contributed by atoms with Gasteiger partial charge in [0.25, 0.3) is 0 Å². The summed E-state index contributed by atoms with van der Waals surface area (Å²) in [6.07, 6.45) is 4.37. The molecule has 0 unspecified atom stereocenters. The maximum atomic E-state index is 13.3. The molecule has 2 aromatic carbocycles. The van der Waals surface area contributed by atoms with E-state index >= 15 is 0 Å². The van der Waals surface area contributed by atoms with Gasteiger partial charge in [0.15, 0.2) is 0 Å². The number of rotatable bonds is 7. The van der Waals surface area contributed by atoms with Crippen molar-refractivity contribution in [3.05, 3.63) is 58.5 Å². The lowest BCUT2D eigenvalue weighted by Crippen LogP contribution is -2.37. The number of fused-ring (bicyclic) bond motifs is 2. The third-order valence-electron chi connectivity index (χ3n) is 7.10. The summed E-state index contributed by atoms with van der Waals surface area (Å²) < 4.78 is 31.0. The number of benzene rings is 2. The number of aryl methyl sites for hydroxylation is 3. The molecule has 8 nitrogen and oxygen atoms in total. The Morgan fingerprint density at radius 3 is 2.29 bits per heavy atom. The van der Waals surface area contributed by atoms with Gasteiger partial charge in [0.05, 0.1) is 15.9 Å². The Labute approximate surface area is 205 Å². The van der Waals surface area contributed by atoms with Gasteiger partial charge in [-0.15, -0.1) is 0 Å². The second-order valence-corrected chi connectivity index (χ2v) is 11.3. The number of imidazole rings is 1. The molecule has 1 amide bonds. The first-order chi connectivity index (χ1) is 16.9. The summed E-state index contributed by atoms with van der Waals surface area (Å²) in [6.45, 7) is 4.72. The fourth-order valence-corrected chi connectivity index (χ4v) is 6.91. The maximum Gasteiger partial charge on any atom is 0.329 e. The lowest BCUT2D eigenvalue weighted by Gasteiger charge is -2.30. The van der Waals surface area contributed by atoms with Crippen LogP contribution in [0.15, 0.2) is 52.2 Å². The van der Waals surface area contributed by atoms with Crippen molar-refractivity contribution in [3.63, 3.8) is 0 Å². The molecule has 3 heterocycles. The van der Waals surface area contributed by atoms with Crippen LogP contribution in [0.3, 0.4) is 0 Å². The van der Waals surface area contributed by atoms with Crippen LogP contribution in [0.5, 0.6) is 0 Å². The number of para-hydroxylation sites is 2. The molecule has 0 N–H and O–H groups in total. The van der Waals surface area contributed by atoms with E-state index in [1.165, 1.54) is 0 Å². The van der Waals surface area contributed by atoms with E-state index in [4.69, 9.17) is 0 Å². The predicted molar refractivity (Wildman–Crippen MR) is 136 cm³/mol. The highest BCUT2D eigenvalue weighted by Crippen LogP contribution is 2.31. The summed E-state index contributed by atoms with van der Waals surface area (Å²) in [4.78, 5) is 28.4. The van der Waals surface area contributed by atoms with Gasteiger partial charge in [-0.3, -0.25) is 13.9 Å². The monoisotopic (exact) mass is 496 g/mol. The molecular weight excluding hydrogens is 464 g/mol. The van der Waals surface area contributed by atoms with E-state index in [0.29, 0.717) is 37.6 Å². The number of aromatic nitrogens is 2. The van der Waals surface area contributed by atoms with Crippen molar-refractivity contribution in [1.82, 2.24) is 13.4 Å².